The lowest BCUT2D eigenvalue weighted by atomic mass is 9.96. The van der Waals surface area contributed by atoms with Crippen LogP contribution in [0.25, 0.3) is 11.4 Å². The van der Waals surface area contributed by atoms with Gasteiger partial charge in [-0.05, 0) is 37.6 Å². The maximum Gasteiger partial charge on any atom is 0.239 e. The molecule has 8 heteroatoms. The topological polar surface area (TPSA) is 69.6 Å². The highest BCUT2D eigenvalue weighted by Crippen LogP contribution is 2.35. The first-order valence-corrected chi connectivity index (χ1v) is 10.2. The molecule has 0 spiro atoms. The van der Waals surface area contributed by atoms with Crippen LogP contribution in [-0.4, -0.2) is 24.9 Å². The number of benzene rings is 1. The van der Waals surface area contributed by atoms with E-state index in [2.05, 4.69) is 52.6 Å². The number of nitrogens with zero attached hydrogens (tertiary/aromatic N) is 5. The molecule has 0 unspecified atom stereocenters. The molecule has 2 heterocycles. The molecule has 2 aromatic heterocycles. The number of hydrogen-bond acceptors (Lipinski definition) is 6. The van der Waals surface area contributed by atoms with Crippen LogP contribution in [0.2, 0.25) is 5.02 Å². The van der Waals surface area contributed by atoms with Crippen molar-refractivity contribution >= 4 is 23.4 Å². The molecule has 3 rings (SSSR count). The molecule has 0 aliphatic carbocycles. The minimum Gasteiger partial charge on any atom is -0.338 e. The Labute approximate surface area is 168 Å². The van der Waals surface area contributed by atoms with Gasteiger partial charge in [-0.2, -0.15) is 4.98 Å². The van der Waals surface area contributed by atoms with Crippen molar-refractivity contribution in [2.24, 2.45) is 0 Å². The second-order valence-electron chi connectivity index (χ2n) is 7.43. The van der Waals surface area contributed by atoms with E-state index in [4.69, 9.17) is 16.1 Å². The lowest BCUT2D eigenvalue weighted by Gasteiger charge is -2.12. The SMILES string of the molecule is CCCn1c(S[C@@H](C)c2nc(C(C)(C)C)no2)nnc1-c1ccc(Cl)cc1. The fourth-order valence-electron chi connectivity index (χ4n) is 2.53. The summed E-state index contributed by atoms with van der Waals surface area (Å²) >= 11 is 7.58. The first-order valence-electron chi connectivity index (χ1n) is 8.99. The van der Waals surface area contributed by atoms with Crippen molar-refractivity contribution in [1.29, 1.82) is 0 Å². The predicted molar refractivity (Wildman–Crippen MR) is 108 cm³/mol. The summed E-state index contributed by atoms with van der Waals surface area (Å²) in [5, 5.41) is 14.5. The number of thioether (sulfide) groups is 1. The van der Waals surface area contributed by atoms with Crippen molar-refractivity contribution in [2.75, 3.05) is 0 Å². The maximum atomic E-state index is 6.01. The Bertz CT molecular complexity index is 898. The van der Waals surface area contributed by atoms with Gasteiger partial charge in [0, 0.05) is 22.5 Å². The van der Waals surface area contributed by atoms with Gasteiger partial charge in [0.25, 0.3) is 0 Å². The monoisotopic (exact) mass is 405 g/mol. The summed E-state index contributed by atoms with van der Waals surface area (Å²) in [6.45, 7) is 11.2. The van der Waals surface area contributed by atoms with E-state index in [9.17, 15) is 0 Å². The Morgan fingerprint density at radius 1 is 1.19 bits per heavy atom. The Balaban J connectivity index is 1.86. The third-order valence-corrected chi connectivity index (χ3v) is 5.33. The Hall–Kier alpha value is -1.86. The first kappa shape index (κ1) is 19.9. The Morgan fingerprint density at radius 2 is 1.89 bits per heavy atom. The molecule has 0 saturated heterocycles. The van der Waals surface area contributed by atoms with Gasteiger partial charge >= 0.3 is 0 Å². The molecule has 1 atom stereocenters. The predicted octanol–water partition coefficient (Wildman–Crippen LogP) is 5.54. The van der Waals surface area contributed by atoms with E-state index in [1.165, 1.54) is 0 Å². The molecular weight excluding hydrogens is 382 g/mol. The molecule has 0 bridgehead atoms. The first-order chi connectivity index (χ1) is 12.8. The van der Waals surface area contributed by atoms with E-state index in [1.807, 2.05) is 31.2 Å². The van der Waals surface area contributed by atoms with Crippen LogP contribution in [0.1, 0.15) is 58.0 Å². The van der Waals surface area contributed by atoms with Gasteiger partial charge < -0.3 is 9.09 Å². The fourth-order valence-corrected chi connectivity index (χ4v) is 3.56. The van der Waals surface area contributed by atoms with Crippen LogP contribution in [0.15, 0.2) is 33.9 Å². The summed E-state index contributed by atoms with van der Waals surface area (Å²) in [7, 11) is 0. The van der Waals surface area contributed by atoms with Crippen LogP contribution < -0.4 is 0 Å². The van der Waals surface area contributed by atoms with Crippen molar-refractivity contribution in [3.63, 3.8) is 0 Å². The third-order valence-electron chi connectivity index (χ3n) is 4.01. The maximum absolute atomic E-state index is 6.01. The van der Waals surface area contributed by atoms with Crippen molar-refractivity contribution in [2.45, 2.75) is 63.4 Å². The summed E-state index contributed by atoms with van der Waals surface area (Å²) < 4.78 is 7.61. The lowest BCUT2D eigenvalue weighted by Crippen LogP contribution is -2.13. The average Bonchev–Trinajstić information content (AvgIpc) is 3.24. The number of halogens is 1. The molecule has 0 N–H and O–H groups in total. The zero-order valence-electron chi connectivity index (χ0n) is 16.2. The Morgan fingerprint density at radius 3 is 2.48 bits per heavy atom. The smallest absolute Gasteiger partial charge is 0.239 e. The van der Waals surface area contributed by atoms with E-state index in [1.54, 1.807) is 11.8 Å². The van der Waals surface area contributed by atoms with E-state index in [0.717, 1.165) is 29.5 Å². The highest BCUT2D eigenvalue weighted by atomic mass is 35.5. The van der Waals surface area contributed by atoms with E-state index < -0.39 is 0 Å². The molecule has 0 saturated carbocycles. The van der Waals surface area contributed by atoms with E-state index in [0.29, 0.717) is 16.7 Å². The number of rotatable bonds is 6. The summed E-state index contributed by atoms with van der Waals surface area (Å²) in [6, 6.07) is 7.65. The zero-order valence-corrected chi connectivity index (χ0v) is 17.8. The van der Waals surface area contributed by atoms with Gasteiger partial charge in [-0.3, -0.25) is 0 Å². The zero-order chi connectivity index (χ0) is 19.6. The number of hydrogen-bond donors (Lipinski definition) is 0. The quantitative estimate of drug-likeness (QED) is 0.501. The Kier molecular flexibility index (Phi) is 5.91. The molecule has 0 fully saturated rings. The van der Waals surface area contributed by atoms with Crippen LogP contribution in [0.4, 0.5) is 0 Å². The van der Waals surface area contributed by atoms with E-state index >= 15 is 0 Å². The van der Waals surface area contributed by atoms with Crippen LogP contribution in [-0.2, 0) is 12.0 Å². The lowest BCUT2D eigenvalue weighted by molar-refractivity contribution is 0.364. The van der Waals surface area contributed by atoms with Crippen LogP contribution in [0, 0.1) is 0 Å². The molecule has 3 aromatic rings. The molecule has 0 radical (unpaired) electrons. The minimum absolute atomic E-state index is 0.0218. The van der Waals surface area contributed by atoms with Crippen molar-refractivity contribution in [3.8, 4) is 11.4 Å². The minimum atomic E-state index is -0.143. The van der Waals surface area contributed by atoms with Crippen LogP contribution >= 0.6 is 23.4 Å². The highest BCUT2D eigenvalue weighted by molar-refractivity contribution is 7.99. The van der Waals surface area contributed by atoms with Gasteiger partial charge in [0.05, 0.1) is 5.25 Å². The van der Waals surface area contributed by atoms with Crippen LogP contribution in [0.3, 0.4) is 0 Å². The second kappa shape index (κ2) is 8.02. The van der Waals surface area contributed by atoms with Crippen LogP contribution in [0.5, 0.6) is 0 Å². The summed E-state index contributed by atoms with van der Waals surface area (Å²) in [4.78, 5) is 4.56. The second-order valence-corrected chi connectivity index (χ2v) is 9.18. The van der Waals surface area contributed by atoms with E-state index in [-0.39, 0.29) is 10.7 Å². The summed E-state index contributed by atoms with van der Waals surface area (Å²) in [6.07, 6.45) is 0.981. The van der Waals surface area contributed by atoms with Crippen molar-refractivity contribution in [3.05, 3.63) is 41.0 Å². The number of aromatic nitrogens is 5. The van der Waals surface area contributed by atoms with Gasteiger partial charge in [-0.1, -0.05) is 56.2 Å². The molecule has 0 aliphatic rings. The van der Waals surface area contributed by atoms with Gasteiger partial charge in [-0.15, -0.1) is 10.2 Å². The normalized spacial score (nSPS) is 13.1. The van der Waals surface area contributed by atoms with Crippen molar-refractivity contribution < 1.29 is 4.52 Å². The highest BCUT2D eigenvalue weighted by Gasteiger charge is 2.25. The molecule has 144 valence electrons. The summed E-state index contributed by atoms with van der Waals surface area (Å²) in [5.74, 6) is 2.15. The van der Waals surface area contributed by atoms with Gasteiger partial charge in [0.15, 0.2) is 16.8 Å². The molecule has 0 aliphatic heterocycles. The molecule has 0 amide bonds. The van der Waals surface area contributed by atoms with Crippen molar-refractivity contribution in [1.82, 2.24) is 24.9 Å². The fraction of sp³-hybridized carbons (Fsp3) is 0.474. The average molecular weight is 406 g/mol. The molecule has 27 heavy (non-hydrogen) atoms. The summed E-state index contributed by atoms with van der Waals surface area (Å²) in [5.41, 5.74) is 0.850. The van der Waals surface area contributed by atoms with Gasteiger partial charge in [0.1, 0.15) is 0 Å². The molecular formula is C19H24ClN5OS. The molecule has 1 aromatic carbocycles. The van der Waals surface area contributed by atoms with Gasteiger partial charge in [0.2, 0.25) is 5.89 Å². The molecule has 6 nitrogen and oxygen atoms in total. The largest absolute Gasteiger partial charge is 0.338 e. The van der Waals surface area contributed by atoms with Gasteiger partial charge in [-0.25, -0.2) is 0 Å². The standard InChI is InChI=1S/C19H24ClN5OS/c1-6-11-25-15(13-7-9-14(20)10-8-13)22-23-18(25)27-12(2)16-21-17(24-26-16)19(3,4)5/h7-10,12H,6,11H2,1-5H3/t12-/m0/s1. The third kappa shape index (κ3) is 4.52.